The minimum atomic E-state index is 0.286. The minimum absolute atomic E-state index is 0.286. The van der Waals surface area contributed by atoms with Gasteiger partial charge in [0.05, 0.1) is 16.4 Å². The molecule has 2 rings (SSSR count). The van der Waals surface area contributed by atoms with Crippen LogP contribution in [0, 0.1) is 0 Å². The lowest BCUT2D eigenvalue weighted by Gasteiger charge is -2.16. The molecule has 0 radical (unpaired) electrons. The van der Waals surface area contributed by atoms with Crippen molar-refractivity contribution in [1.82, 2.24) is 9.78 Å². The molecule has 2 unspecified atom stereocenters. The van der Waals surface area contributed by atoms with Crippen LogP contribution in [0.1, 0.15) is 44.2 Å². The Labute approximate surface area is 104 Å². The van der Waals surface area contributed by atoms with E-state index in [9.17, 15) is 0 Å². The van der Waals surface area contributed by atoms with Gasteiger partial charge in [0.1, 0.15) is 0 Å². The number of alkyl halides is 1. The molecule has 1 aliphatic carbocycles. The molecule has 15 heavy (non-hydrogen) atoms. The highest BCUT2D eigenvalue weighted by Gasteiger charge is 2.31. The van der Waals surface area contributed by atoms with Gasteiger partial charge in [-0.05, 0) is 35.2 Å². The van der Waals surface area contributed by atoms with Crippen LogP contribution < -0.4 is 0 Å². The van der Waals surface area contributed by atoms with Gasteiger partial charge in [-0.25, -0.2) is 0 Å². The Morgan fingerprint density at radius 2 is 2.40 bits per heavy atom. The van der Waals surface area contributed by atoms with Crippen LogP contribution >= 0.6 is 27.5 Å². The van der Waals surface area contributed by atoms with Gasteiger partial charge in [-0.1, -0.05) is 13.3 Å². The number of rotatable bonds is 3. The average Bonchev–Trinajstić information content (AvgIpc) is 2.75. The largest absolute Gasteiger partial charge is 0.268 e. The first kappa shape index (κ1) is 11.5. The molecule has 1 aliphatic rings. The molecule has 1 aromatic heterocycles. The van der Waals surface area contributed by atoms with E-state index in [2.05, 4.69) is 32.6 Å². The van der Waals surface area contributed by atoms with Crippen molar-refractivity contribution in [2.45, 2.75) is 50.4 Å². The summed E-state index contributed by atoms with van der Waals surface area (Å²) < 4.78 is 3.23. The first-order valence-electron chi connectivity index (χ1n) is 5.59. The van der Waals surface area contributed by atoms with Gasteiger partial charge in [-0.3, -0.25) is 4.68 Å². The molecule has 0 amide bonds. The smallest absolute Gasteiger partial charge is 0.0635 e. The van der Waals surface area contributed by atoms with Crippen LogP contribution in [-0.2, 0) is 6.54 Å². The van der Waals surface area contributed by atoms with Crippen molar-refractivity contribution in [2.24, 2.45) is 0 Å². The Morgan fingerprint density at radius 1 is 1.60 bits per heavy atom. The van der Waals surface area contributed by atoms with Crippen LogP contribution in [0.15, 0.2) is 10.7 Å². The highest BCUT2D eigenvalue weighted by atomic mass is 79.9. The molecule has 4 heteroatoms. The molecule has 1 saturated carbocycles. The zero-order chi connectivity index (χ0) is 10.8. The molecule has 2 atom stereocenters. The van der Waals surface area contributed by atoms with Crippen LogP contribution in [0.2, 0.25) is 0 Å². The molecule has 1 aromatic rings. The lowest BCUT2D eigenvalue weighted by molar-refractivity contribution is 0.538. The van der Waals surface area contributed by atoms with E-state index < -0.39 is 0 Å². The lowest BCUT2D eigenvalue weighted by Crippen LogP contribution is -2.13. The van der Waals surface area contributed by atoms with Gasteiger partial charge in [-0.15, -0.1) is 11.6 Å². The first-order chi connectivity index (χ1) is 7.24. The standard InChI is InChI=1S/C11H16BrClN2/c1-2-6-15-11(9(12)7-14-15)8-4-3-5-10(8)13/h7-8,10H,2-6H2,1H3. The maximum absolute atomic E-state index is 6.35. The molecule has 2 nitrogen and oxygen atoms in total. The second-order valence-electron chi connectivity index (χ2n) is 4.15. The van der Waals surface area contributed by atoms with Gasteiger partial charge in [0.2, 0.25) is 0 Å². The van der Waals surface area contributed by atoms with Gasteiger partial charge in [-0.2, -0.15) is 5.10 Å². The summed E-state index contributed by atoms with van der Waals surface area (Å²) in [4.78, 5) is 0. The van der Waals surface area contributed by atoms with Gasteiger partial charge in [0.15, 0.2) is 0 Å². The Morgan fingerprint density at radius 3 is 3.00 bits per heavy atom. The highest BCUT2D eigenvalue weighted by molar-refractivity contribution is 9.10. The van der Waals surface area contributed by atoms with Crippen molar-refractivity contribution in [1.29, 1.82) is 0 Å². The van der Waals surface area contributed by atoms with Crippen molar-refractivity contribution < 1.29 is 0 Å². The number of halogens is 2. The summed E-state index contributed by atoms with van der Waals surface area (Å²) in [5.41, 5.74) is 1.30. The fourth-order valence-electron chi connectivity index (χ4n) is 2.35. The van der Waals surface area contributed by atoms with Crippen LogP contribution in [0.4, 0.5) is 0 Å². The molecular formula is C11H16BrClN2. The van der Waals surface area contributed by atoms with Crippen LogP contribution in [0.5, 0.6) is 0 Å². The quantitative estimate of drug-likeness (QED) is 0.772. The maximum atomic E-state index is 6.35. The van der Waals surface area contributed by atoms with Crippen LogP contribution in [-0.4, -0.2) is 15.2 Å². The van der Waals surface area contributed by atoms with E-state index in [0.29, 0.717) is 5.92 Å². The summed E-state index contributed by atoms with van der Waals surface area (Å²) in [5, 5.41) is 4.68. The van der Waals surface area contributed by atoms with E-state index in [0.717, 1.165) is 23.9 Å². The van der Waals surface area contributed by atoms with Crippen molar-refractivity contribution in [3.63, 3.8) is 0 Å². The third-order valence-electron chi connectivity index (χ3n) is 3.05. The molecule has 84 valence electrons. The van der Waals surface area contributed by atoms with Crippen molar-refractivity contribution in [3.05, 3.63) is 16.4 Å². The molecule has 1 heterocycles. The molecule has 1 fully saturated rings. The predicted molar refractivity (Wildman–Crippen MR) is 66.5 cm³/mol. The van der Waals surface area contributed by atoms with E-state index in [1.165, 1.54) is 18.5 Å². The van der Waals surface area contributed by atoms with E-state index >= 15 is 0 Å². The van der Waals surface area contributed by atoms with Gasteiger partial charge >= 0.3 is 0 Å². The topological polar surface area (TPSA) is 17.8 Å². The van der Waals surface area contributed by atoms with Gasteiger partial charge in [0.25, 0.3) is 0 Å². The van der Waals surface area contributed by atoms with E-state index in [4.69, 9.17) is 11.6 Å². The minimum Gasteiger partial charge on any atom is -0.268 e. The predicted octanol–water partition coefficient (Wildman–Crippen LogP) is 3.93. The zero-order valence-corrected chi connectivity index (χ0v) is 11.3. The molecule has 0 aliphatic heterocycles. The number of hydrogen-bond donors (Lipinski definition) is 0. The summed E-state index contributed by atoms with van der Waals surface area (Å²) in [7, 11) is 0. The Kier molecular flexibility index (Phi) is 3.73. The molecular weight excluding hydrogens is 275 g/mol. The summed E-state index contributed by atoms with van der Waals surface area (Å²) in [5.74, 6) is 0.482. The number of nitrogens with zero attached hydrogens (tertiary/aromatic N) is 2. The third-order valence-corrected chi connectivity index (χ3v) is 4.18. The van der Waals surface area contributed by atoms with E-state index in [1.807, 2.05) is 6.20 Å². The van der Waals surface area contributed by atoms with Crippen LogP contribution in [0.3, 0.4) is 0 Å². The SMILES string of the molecule is CCCn1ncc(Br)c1C1CCCC1Cl. The van der Waals surface area contributed by atoms with E-state index in [1.54, 1.807) is 0 Å². The van der Waals surface area contributed by atoms with E-state index in [-0.39, 0.29) is 5.38 Å². The van der Waals surface area contributed by atoms with Crippen LogP contribution in [0.25, 0.3) is 0 Å². The Hall–Kier alpha value is -0.0200. The number of aromatic nitrogens is 2. The summed E-state index contributed by atoms with van der Waals surface area (Å²) >= 11 is 9.93. The van der Waals surface area contributed by atoms with Crippen molar-refractivity contribution in [3.8, 4) is 0 Å². The highest BCUT2D eigenvalue weighted by Crippen LogP contribution is 2.40. The second-order valence-corrected chi connectivity index (χ2v) is 5.57. The molecule has 0 bridgehead atoms. The first-order valence-corrected chi connectivity index (χ1v) is 6.82. The Balaban J connectivity index is 2.28. The zero-order valence-electron chi connectivity index (χ0n) is 8.92. The molecule has 0 spiro atoms. The summed E-state index contributed by atoms with van der Waals surface area (Å²) in [6.45, 7) is 3.16. The van der Waals surface area contributed by atoms with Crippen molar-refractivity contribution in [2.75, 3.05) is 0 Å². The van der Waals surface area contributed by atoms with Gasteiger partial charge in [0, 0.05) is 17.8 Å². The number of aryl methyl sites for hydroxylation is 1. The molecule has 0 N–H and O–H groups in total. The third kappa shape index (κ3) is 2.23. The maximum Gasteiger partial charge on any atom is 0.0635 e. The van der Waals surface area contributed by atoms with Crippen molar-refractivity contribution >= 4 is 27.5 Å². The second kappa shape index (κ2) is 4.88. The molecule has 0 saturated heterocycles. The average molecular weight is 292 g/mol. The Bertz CT molecular complexity index is 337. The number of hydrogen-bond acceptors (Lipinski definition) is 1. The fraction of sp³-hybridized carbons (Fsp3) is 0.727. The van der Waals surface area contributed by atoms with Gasteiger partial charge < -0.3 is 0 Å². The fourth-order valence-corrected chi connectivity index (χ4v) is 3.34. The summed E-state index contributed by atoms with van der Waals surface area (Å²) in [6, 6.07) is 0. The monoisotopic (exact) mass is 290 g/mol. The lowest BCUT2D eigenvalue weighted by atomic mass is 10.0. The molecule has 0 aromatic carbocycles. The normalized spacial score (nSPS) is 26.1. The summed E-state index contributed by atoms with van der Waals surface area (Å²) in [6.07, 6.45) is 6.58.